The van der Waals surface area contributed by atoms with Crippen LogP contribution >= 0.6 is 23.7 Å². The van der Waals surface area contributed by atoms with E-state index >= 15 is 0 Å². The number of fused-ring (bicyclic) bond motifs is 4. The first-order chi connectivity index (χ1) is 16.3. The van der Waals surface area contributed by atoms with Crippen LogP contribution in [0.3, 0.4) is 0 Å². The average Bonchev–Trinajstić information content (AvgIpc) is 3.22. The van der Waals surface area contributed by atoms with Crippen molar-refractivity contribution in [1.82, 2.24) is 9.88 Å². The first-order valence-corrected chi connectivity index (χ1v) is 11.9. The van der Waals surface area contributed by atoms with Gasteiger partial charge in [-0.05, 0) is 68.0 Å². The Balaban J connectivity index is 0.00000289. The molecule has 0 bridgehead atoms. The molecule has 6 nitrogen and oxygen atoms in total. The molecule has 5 aromatic rings. The number of amides is 1. The summed E-state index contributed by atoms with van der Waals surface area (Å²) in [5.74, 6) is -0.404. The molecule has 8 heteroatoms. The highest BCUT2D eigenvalue weighted by Gasteiger charge is 2.25. The second-order valence-electron chi connectivity index (χ2n) is 8.83. The summed E-state index contributed by atoms with van der Waals surface area (Å²) in [5, 5.41) is 3.27. The molecule has 0 saturated heterocycles. The van der Waals surface area contributed by atoms with Crippen molar-refractivity contribution in [2.45, 2.75) is 13.8 Å². The number of carbonyl (C=O) groups excluding carboxylic acids is 1. The van der Waals surface area contributed by atoms with Gasteiger partial charge in [-0.3, -0.25) is 9.69 Å². The molecule has 2 aromatic heterocycles. The van der Waals surface area contributed by atoms with E-state index in [1.807, 2.05) is 69.2 Å². The highest BCUT2D eigenvalue weighted by molar-refractivity contribution is 7.22. The second-order valence-corrected chi connectivity index (χ2v) is 9.81. The number of nitrogens with zero attached hydrogens (tertiary/aromatic N) is 3. The fourth-order valence-electron chi connectivity index (χ4n) is 4.23. The van der Waals surface area contributed by atoms with Crippen LogP contribution in [0.15, 0.2) is 63.8 Å². The van der Waals surface area contributed by atoms with E-state index in [-0.39, 0.29) is 18.0 Å². The lowest BCUT2D eigenvalue weighted by Crippen LogP contribution is -2.38. The minimum atomic E-state index is -0.643. The molecule has 2 heterocycles. The van der Waals surface area contributed by atoms with Gasteiger partial charge < -0.3 is 9.32 Å². The smallest absolute Gasteiger partial charge is 0.349 e. The van der Waals surface area contributed by atoms with Crippen LogP contribution in [-0.2, 0) is 0 Å². The van der Waals surface area contributed by atoms with E-state index in [2.05, 4.69) is 6.07 Å². The van der Waals surface area contributed by atoms with Crippen LogP contribution in [0.25, 0.3) is 32.0 Å². The molecule has 3 aromatic carbocycles. The zero-order valence-corrected chi connectivity index (χ0v) is 21.6. The Bertz CT molecular complexity index is 1620. The quantitative estimate of drug-likeness (QED) is 0.222. The average molecular weight is 508 g/mol. The number of aromatic nitrogens is 1. The molecule has 0 atom stereocenters. The molecule has 35 heavy (non-hydrogen) atoms. The van der Waals surface area contributed by atoms with Gasteiger partial charge in [0.25, 0.3) is 5.91 Å². The summed E-state index contributed by atoms with van der Waals surface area (Å²) < 4.78 is 6.64. The second kappa shape index (κ2) is 9.77. The normalized spacial score (nSPS) is 11.3. The van der Waals surface area contributed by atoms with E-state index in [1.165, 1.54) is 11.3 Å². The van der Waals surface area contributed by atoms with Crippen LogP contribution in [0.4, 0.5) is 5.13 Å². The summed E-state index contributed by atoms with van der Waals surface area (Å²) in [6.45, 7) is 5.11. The van der Waals surface area contributed by atoms with Gasteiger partial charge in [-0.1, -0.05) is 47.7 Å². The largest absolute Gasteiger partial charge is 0.422 e. The van der Waals surface area contributed by atoms with Gasteiger partial charge >= 0.3 is 5.63 Å². The maximum Gasteiger partial charge on any atom is 0.349 e. The first-order valence-electron chi connectivity index (χ1n) is 11.1. The van der Waals surface area contributed by atoms with Crippen molar-refractivity contribution in [3.8, 4) is 0 Å². The third-order valence-corrected chi connectivity index (χ3v) is 7.16. The minimum absolute atomic E-state index is 0. The van der Waals surface area contributed by atoms with E-state index < -0.39 is 11.5 Å². The van der Waals surface area contributed by atoms with Gasteiger partial charge in [-0.2, -0.15) is 0 Å². The van der Waals surface area contributed by atoms with Crippen LogP contribution < -0.4 is 10.5 Å². The van der Waals surface area contributed by atoms with E-state index in [0.29, 0.717) is 23.8 Å². The molecule has 1 amide bonds. The zero-order valence-electron chi connectivity index (χ0n) is 20.0. The topological polar surface area (TPSA) is 66.7 Å². The molecule has 0 saturated carbocycles. The molecule has 5 rings (SSSR count). The summed E-state index contributed by atoms with van der Waals surface area (Å²) in [6.07, 6.45) is 0. The molecule has 0 aliphatic rings. The maximum atomic E-state index is 13.8. The van der Waals surface area contributed by atoms with Crippen molar-refractivity contribution < 1.29 is 9.21 Å². The van der Waals surface area contributed by atoms with Crippen LogP contribution in [-0.4, -0.2) is 43.0 Å². The third kappa shape index (κ3) is 4.67. The van der Waals surface area contributed by atoms with Gasteiger partial charge in [0.05, 0.1) is 10.2 Å². The van der Waals surface area contributed by atoms with Crippen molar-refractivity contribution >= 4 is 66.7 Å². The fourth-order valence-corrected chi connectivity index (χ4v) is 5.27. The van der Waals surface area contributed by atoms with Crippen LogP contribution in [0.2, 0.25) is 0 Å². The number of anilines is 1. The van der Waals surface area contributed by atoms with Gasteiger partial charge in [0.1, 0.15) is 11.1 Å². The molecular formula is C27H26ClN3O3S. The number of thiazole rings is 1. The standard InChI is InChI=1S/C27H25N3O3S.ClH/c1-16-13-17(2)24-22(14-16)28-27(34-24)30(12-11-29(3)4)25(31)21-15-20-19-8-6-5-7-18(19)9-10-23(20)33-26(21)32;/h5-10,13-15H,11-12H2,1-4H3;1H. The summed E-state index contributed by atoms with van der Waals surface area (Å²) in [7, 11) is 3.90. The molecule has 0 unspecified atom stereocenters. The predicted molar refractivity (Wildman–Crippen MR) is 147 cm³/mol. The van der Waals surface area contributed by atoms with Crippen molar-refractivity contribution in [3.63, 3.8) is 0 Å². The number of hydrogen-bond acceptors (Lipinski definition) is 6. The molecule has 0 radical (unpaired) electrons. The summed E-state index contributed by atoms with van der Waals surface area (Å²) in [4.78, 5) is 35.1. The molecule has 0 spiro atoms. The highest BCUT2D eigenvalue weighted by atomic mass is 35.5. The number of benzene rings is 3. The Labute approximate surface area is 213 Å². The molecule has 0 N–H and O–H groups in total. The van der Waals surface area contributed by atoms with Gasteiger partial charge in [0.2, 0.25) is 0 Å². The van der Waals surface area contributed by atoms with Gasteiger partial charge in [0, 0.05) is 18.5 Å². The van der Waals surface area contributed by atoms with E-state index in [1.54, 1.807) is 17.0 Å². The number of rotatable bonds is 5. The summed E-state index contributed by atoms with van der Waals surface area (Å²) in [5.41, 5.74) is 2.93. The lowest BCUT2D eigenvalue weighted by Gasteiger charge is -2.21. The van der Waals surface area contributed by atoms with Gasteiger partial charge in [-0.15, -0.1) is 12.4 Å². The molecular weight excluding hydrogens is 482 g/mol. The zero-order chi connectivity index (χ0) is 24.0. The number of carbonyl (C=O) groups is 1. The maximum absolute atomic E-state index is 13.8. The summed E-state index contributed by atoms with van der Waals surface area (Å²) in [6, 6.07) is 17.3. The summed E-state index contributed by atoms with van der Waals surface area (Å²) >= 11 is 1.47. The minimum Gasteiger partial charge on any atom is -0.422 e. The first kappa shape index (κ1) is 24.9. The van der Waals surface area contributed by atoms with Crippen molar-refractivity contribution in [3.05, 3.63) is 81.7 Å². The number of aryl methyl sites for hydroxylation is 2. The van der Waals surface area contributed by atoms with Crippen molar-refractivity contribution in [2.75, 3.05) is 32.1 Å². The Morgan fingerprint density at radius 3 is 2.54 bits per heavy atom. The molecule has 0 aliphatic carbocycles. The van der Waals surface area contributed by atoms with Crippen molar-refractivity contribution in [1.29, 1.82) is 0 Å². The SMILES string of the molecule is Cc1cc(C)c2sc(N(CCN(C)C)C(=O)c3cc4c(ccc5ccccc54)oc3=O)nc2c1.Cl. The lowest BCUT2D eigenvalue weighted by atomic mass is 10.0. The van der Waals surface area contributed by atoms with Gasteiger partial charge in [0.15, 0.2) is 5.13 Å². The molecule has 180 valence electrons. The monoisotopic (exact) mass is 507 g/mol. The van der Waals surface area contributed by atoms with Crippen molar-refractivity contribution in [2.24, 2.45) is 0 Å². The van der Waals surface area contributed by atoms with Crippen LogP contribution in [0.5, 0.6) is 0 Å². The molecule has 0 fully saturated rings. The van der Waals surface area contributed by atoms with E-state index in [9.17, 15) is 9.59 Å². The Hall–Kier alpha value is -3.26. The molecule has 0 aliphatic heterocycles. The van der Waals surface area contributed by atoms with E-state index in [0.717, 1.165) is 37.5 Å². The van der Waals surface area contributed by atoms with Crippen LogP contribution in [0, 0.1) is 13.8 Å². The highest BCUT2D eigenvalue weighted by Crippen LogP contribution is 2.33. The fraction of sp³-hybridized carbons (Fsp3) is 0.222. The number of halogens is 1. The van der Waals surface area contributed by atoms with E-state index in [4.69, 9.17) is 9.40 Å². The Kier molecular flexibility index (Phi) is 6.94. The third-order valence-electron chi connectivity index (χ3n) is 5.93. The predicted octanol–water partition coefficient (Wildman–Crippen LogP) is 5.80. The van der Waals surface area contributed by atoms with Crippen LogP contribution in [0.1, 0.15) is 21.5 Å². The Morgan fingerprint density at radius 2 is 1.77 bits per heavy atom. The Morgan fingerprint density at radius 1 is 1.00 bits per heavy atom. The number of hydrogen-bond donors (Lipinski definition) is 0. The lowest BCUT2D eigenvalue weighted by molar-refractivity contribution is 0.0982. The van der Waals surface area contributed by atoms with Gasteiger partial charge in [-0.25, -0.2) is 9.78 Å². The number of likely N-dealkylation sites (N-methyl/N-ethyl adjacent to an activating group) is 1.